The second-order valence-electron chi connectivity index (χ2n) is 5.93. The Bertz CT molecular complexity index is 954. The molecule has 2 aromatic rings. The average molecular weight is 376 g/mol. The van der Waals surface area contributed by atoms with E-state index < -0.39 is 28.0 Å². The monoisotopic (exact) mass is 376 g/mol. The zero-order valence-electron chi connectivity index (χ0n) is 14.6. The van der Waals surface area contributed by atoms with Gasteiger partial charge in [0.1, 0.15) is 0 Å². The van der Waals surface area contributed by atoms with Crippen molar-refractivity contribution in [2.45, 2.75) is 31.8 Å². The molecule has 8 heteroatoms. The van der Waals surface area contributed by atoms with Crippen molar-refractivity contribution < 1.29 is 22.7 Å². The highest BCUT2D eigenvalue weighted by Crippen LogP contribution is 2.16. The Labute approximate surface area is 152 Å². The van der Waals surface area contributed by atoms with Crippen LogP contribution in [0, 0.1) is 13.8 Å². The zero-order chi connectivity index (χ0) is 19.5. The highest BCUT2D eigenvalue weighted by atomic mass is 32.2. The van der Waals surface area contributed by atoms with E-state index in [1.807, 2.05) is 13.0 Å². The predicted molar refractivity (Wildman–Crippen MR) is 97.2 cm³/mol. The quantitative estimate of drug-likeness (QED) is 0.776. The van der Waals surface area contributed by atoms with Crippen LogP contribution in [0.25, 0.3) is 0 Å². The number of carbonyl (C=O) groups excluding carboxylic acids is 2. The van der Waals surface area contributed by atoms with Crippen LogP contribution in [0.5, 0.6) is 0 Å². The van der Waals surface area contributed by atoms with Crippen LogP contribution in [0.2, 0.25) is 0 Å². The fraction of sp³-hybridized carbons (Fsp3) is 0.222. The Hall–Kier alpha value is -2.71. The molecule has 2 rings (SSSR count). The molecule has 0 heterocycles. The smallest absolute Gasteiger partial charge is 0.339 e. The third-order valence-electron chi connectivity index (χ3n) is 3.68. The van der Waals surface area contributed by atoms with Crippen LogP contribution in [0.4, 0.5) is 5.69 Å². The van der Waals surface area contributed by atoms with Gasteiger partial charge in [-0.25, -0.2) is 18.4 Å². The molecule has 0 bridgehead atoms. The van der Waals surface area contributed by atoms with E-state index in [-0.39, 0.29) is 10.6 Å². The van der Waals surface area contributed by atoms with Crippen LogP contribution < -0.4 is 10.5 Å². The second-order valence-corrected chi connectivity index (χ2v) is 7.49. The van der Waals surface area contributed by atoms with E-state index in [1.54, 1.807) is 19.1 Å². The summed E-state index contributed by atoms with van der Waals surface area (Å²) >= 11 is 0. The van der Waals surface area contributed by atoms with Crippen LogP contribution >= 0.6 is 0 Å². The minimum absolute atomic E-state index is 0.129. The molecule has 0 aromatic heterocycles. The first kappa shape index (κ1) is 19.6. The van der Waals surface area contributed by atoms with E-state index in [4.69, 9.17) is 9.88 Å². The summed E-state index contributed by atoms with van der Waals surface area (Å²) in [4.78, 5) is 24.3. The molecule has 0 saturated carbocycles. The van der Waals surface area contributed by atoms with Gasteiger partial charge in [-0.3, -0.25) is 4.79 Å². The number of nitrogens with one attached hydrogen (secondary N) is 1. The lowest BCUT2D eigenvalue weighted by atomic mass is 10.1. The summed E-state index contributed by atoms with van der Waals surface area (Å²) in [7, 11) is -3.88. The Kier molecular flexibility index (Phi) is 5.79. The minimum Gasteiger partial charge on any atom is -0.449 e. The van der Waals surface area contributed by atoms with Gasteiger partial charge in [0.15, 0.2) is 6.10 Å². The Morgan fingerprint density at radius 3 is 2.42 bits per heavy atom. The molecule has 1 amide bonds. The SMILES string of the molecule is Cc1ccc(C(=O)OC(C)C(=O)Nc2cccc(S(N)(=O)=O)c2)c(C)c1. The highest BCUT2D eigenvalue weighted by molar-refractivity contribution is 7.89. The first-order chi connectivity index (χ1) is 12.1. The van der Waals surface area contributed by atoms with Crippen LogP contribution in [-0.2, 0) is 19.6 Å². The number of hydrogen-bond acceptors (Lipinski definition) is 5. The molecule has 0 spiro atoms. The number of benzene rings is 2. The summed E-state index contributed by atoms with van der Waals surface area (Å²) in [5.74, 6) is -1.20. The van der Waals surface area contributed by atoms with Crippen LogP contribution in [0.1, 0.15) is 28.4 Å². The van der Waals surface area contributed by atoms with Crippen LogP contribution in [-0.4, -0.2) is 26.4 Å². The molecule has 2 aromatic carbocycles. The van der Waals surface area contributed by atoms with Gasteiger partial charge in [0.2, 0.25) is 10.0 Å². The lowest BCUT2D eigenvalue weighted by molar-refractivity contribution is -0.123. The number of sulfonamides is 1. The largest absolute Gasteiger partial charge is 0.449 e. The second kappa shape index (κ2) is 7.67. The number of ether oxygens (including phenoxy) is 1. The van der Waals surface area contributed by atoms with Gasteiger partial charge in [0.25, 0.3) is 5.91 Å². The predicted octanol–water partition coefficient (Wildman–Crippen LogP) is 2.13. The fourth-order valence-electron chi connectivity index (χ4n) is 2.31. The lowest BCUT2D eigenvalue weighted by Gasteiger charge is -2.15. The molecule has 138 valence electrons. The molecular formula is C18H20N2O5S. The van der Waals surface area contributed by atoms with Gasteiger partial charge >= 0.3 is 5.97 Å². The van der Waals surface area contributed by atoms with Crippen LogP contribution in [0.3, 0.4) is 0 Å². The third-order valence-corrected chi connectivity index (χ3v) is 4.60. The Balaban J connectivity index is 2.07. The van der Waals surface area contributed by atoms with E-state index >= 15 is 0 Å². The summed E-state index contributed by atoms with van der Waals surface area (Å²) < 4.78 is 27.9. The molecule has 0 aliphatic carbocycles. The third kappa shape index (κ3) is 4.90. The standard InChI is InChI=1S/C18H20N2O5S/c1-11-7-8-16(12(2)9-11)18(22)25-13(3)17(21)20-14-5-4-6-15(10-14)26(19,23)24/h4-10,13H,1-3H3,(H,20,21)(H2,19,23,24). The highest BCUT2D eigenvalue weighted by Gasteiger charge is 2.20. The van der Waals surface area contributed by atoms with E-state index in [1.165, 1.54) is 31.2 Å². The van der Waals surface area contributed by atoms with Gasteiger partial charge in [-0.2, -0.15) is 0 Å². The van der Waals surface area contributed by atoms with Crippen molar-refractivity contribution in [1.82, 2.24) is 0 Å². The molecule has 0 fully saturated rings. The van der Waals surface area contributed by atoms with Gasteiger partial charge in [0, 0.05) is 5.69 Å². The van der Waals surface area contributed by atoms with Crippen molar-refractivity contribution in [2.75, 3.05) is 5.32 Å². The molecule has 1 unspecified atom stereocenters. The average Bonchev–Trinajstić information content (AvgIpc) is 2.54. The number of carbonyl (C=O) groups is 2. The molecule has 26 heavy (non-hydrogen) atoms. The molecule has 3 N–H and O–H groups in total. The number of aryl methyl sites for hydroxylation is 2. The summed E-state index contributed by atoms with van der Waals surface area (Å²) in [6.07, 6.45) is -1.07. The molecule has 7 nitrogen and oxygen atoms in total. The summed E-state index contributed by atoms with van der Waals surface area (Å²) in [6, 6.07) is 10.8. The number of rotatable bonds is 5. The molecule has 1 atom stereocenters. The first-order valence-corrected chi connectivity index (χ1v) is 9.34. The molecular weight excluding hydrogens is 356 g/mol. The minimum atomic E-state index is -3.88. The van der Waals surface area contributed by atoms with E-state index in [0.29, 0.717) is 5.56 Å². The topological polar surface area (TPSA) is 116 Å². The summed E-state index contributed by atoms with van der Waals surface area (Å²) in [5, 5.41) is 7.56. The van der Waals surface area contributed by atoms with Gasteiger partial charge < -0.3 is 10.1 Å². The number of primary sulfonamides is 1. The van der Waals surface area contributed by atoms with E-state index in [2.05, 4.69) is 5.32 Å². The molecule has 0 saturated heterocycles. The lowest BCUT2D eigenvalue weighted by Crippen LogP contribution is -2.30. The molecule has 0 aliphatic rings. The molecule has 0 radical (unpaired) electrons. The number of anilines is 1. The normalized spacial score (nSPS) is 12.3. The van der Waals surface area contributed by atoms with Crippen molar-refractivity contribution in [3.05, 3.63) is 59.2 Å². The van der Waals surface area contributed by atoms with Crippen molar-refractivity contribution in [1.29, 1.82) is 0 Å². The van der Waals surface area contributed by atoms with Gasteiger partial charge in [0.05, 0.1) is 10.5 Å². The maximum atomic E-state index is 12.2. The Morgan fingerprint density at radius 2 is 1.81 bits per heavy atom. The maximum absolute atomic E-state index is 12.2. The first-order valence-electron chi connectivity index (χ1n) is 7.80. The van der Waals surface area contributed by atoms with Crippen LogP contribution in [0.15, 0.2) is 47.4 Å². The fourth-order valence-corrected chi connectivity index (χ4v) is 2.87. The van der Waals surface area contributed by atoms with Crippen molar-refractivity contribution in [3.63, 3.8) is 0 Å². The Morgan fingerprint density at radius 1 is 1.12 bits per heavy atom. The zero-order valence-corrected chi connectivity index (χ0v) is 15.5. The molecule has 0 aliphatic heterocycles. The van der Waals surface area contributed by atoms with Gasteiger partial charge in [-0.15, -0.1) is 0 Å². The number of nitrogens with two attached hydrogens (primary N) is 1. The van der Waals surface area contributed by atoms with E-state index in [0.717, 1.165) is 11.1 Å². The number of esters is 1. The number of amides is 1. The van der Waals surface area contributed by atoms with E-state index in [9.17, 15) is 18.0 Å². The van der Waals surface area contributed by atoms with Crippen molar-refractivity contribution in [3.8, 4) is 0 Å². The maximum Gasteiger partial charge on any atom is 0.339 e. The van der Waals surface area contributed by atoms with Crippen molar-refractivity contribution >= 4 is 27.6 Å². The van der Waals surface area contributed by atoms with Crippen molar-refractivity contribution in [2.24, 2.45) is 5.14 Å². The summed E-state index contributed by atoms with van der Waals surface area (Å²) in [6.45, 7) is 5.13. The summed E-state index contributed by atoms with van der Waals surface area (Å²) in [5.41, 5.74) is 2.38. The number of hydrogen-bond donors (Lipinski definition) is 2. The van der Waals surface area contributed by atoms with Gasteiger partial charge in [-0.1, -0.05) is 23.8 Å². The van der Waals surface area contributed by atoms with Gasteiger partial charge in [-0.05, 0) is 50.6 Å².